The fourth-order valence-electron chi connectivity index (χ4n) is 11.1. The zero-order valence-corrected chi connectivity index (χ0v) is 27.2. The number of carbonyl (C=O) groups excluding carboxylic acids is 2. The minimum Gasteiger partial charge on any atom is -0.480 e. The predicted molar refractivity (Wildman–Crippen MR) is 166 cm³/mol. The Kier molecular flexibility index (Phi) is 6.89. The number of alkyl halides is 1. The molecular weight excluding hydrogens is 539 g/mol. The first-order chi connectivity index (χ1) is 20.1. The van der Waals surface area contributed by atoms with Crippen LogP contribution >= 0.6 is 0 Å². The van der Waals surface area contributed by atoms with Gasteiger partial charge in [0.2, 0.25) is 0 Å². The van der Waals surface area contributed by atoms with Gasteiger partial charge in [-0.1, -0.05) is 66.2 Å². The lowest BCUT2D eigenvalue weighted by molar-refractivity contribution is -0.163. The van der Waals surface area contributed by atoms with Gasteiger partial charge in [0.05, 0.1) is 23.3 Å². The van der Waals surface area contributed by atoms with E-state index in [4.69, 9.17) is 9.73 Å². The van der Waals surface area contributed by atoms with Crippen LogP contribution in [-0.2, 0) is 14.3 Å². The molecule has 6 aliphatic rings. The fraction of sp³-hybridized carbons (Fsp3) is 0.730. The molecule has 5 nitrogen and oxygen atoms in total. The van der Waals surface area contributed by atoms with Crippen molar-refractivity contribution in [3.05, 3.63) is 35.1 Å². The molecule has 1 heterocycles. The van der Waals surface area contributed by atoms with E-state index < -0.39 is 22.9 Å². The van der Waals surface area contributed by atoms with Crippen molar-refractivity contribution >= 4 is 17.5 Å². The van der Waals surface area contributed by atoms with E-state index >= 15 is 0 Å². The molecule has 0 saturated heterocycles. The lowest BCUT2D eigenvalue weighted by Gasteiger charge is -2.69. The van der Waals surface area contributed by atoms with Crippen molar-refractivity contribution in [2.45, 2.75) is 106 Å². The van der Waals surface area contributed by atoms with E-state index in [0.717, 1.165) is 63.4 Å². The van der Waals surface area contributed by atoms with Crippen LogP contribution in [0.1, 0.15) is 106 Å². The van der Waals surface area contributed by atoms with Gasteiger partial charge in [0.15, 0.2) is 17.5 Å². The van der Waals surface area contributed by atoms with Crippen LogP contribution in [-0.4, -0.2) is 30.7 Å². The van der Waals surface area contributed by atoms with Gasteiger partial charge in [-0.15, -0.1) is 0 Å². The molecule has 0 aromatic carbocycles. The highest BCUT2D eigenvalue weighted by molar-refractivity contribution is 6.04. The summed E-state index contributed by atoms with van der Waals surface area (Å²) in [6.45, 7) is 15.4. The molecular formula is C37H49FN2O3. The molecule has 7 atom stereocenters. The van der Waals surface area contributed by atoms with Gasteiger partial charge < -0.3 is 4.74 Å². The molecule has 0 bridgehead atoms. The number of aliphatic imine (C=N–C) groups is 1. The van der Waals surface area contributed by atoms with Crippen molar-refractivity contribution in [2.75, 3.05) is 13.3 Å². The third-order valence-corrected chi connectivity index (χ3v) is 13.6. The number of carbonyl (C=O) groups is 2. The number of hydrogen-bond acceptors (Lipinski definition) is 5. The van der Waals surface area contributed by atoms with E-state index in [9.17, 15) is 19.2 Å². The molecule has 6 rings (SSSR count). The van der Waals surface area contributed by atoms with Gasteiger partial charge >= 0.3 is 0 Å². The average molecular weight is 589 g/mol. The van der Waals surface area contributed by atoms with E-state index in [-0.39, 0.29) is 51.1 Å². The van der Waals surface area contributed by atoms with Gasteiger partial charge in [-0.2, -0.15) is 5.26 Å². The molecule has 0 spiro atoms. The quantitative estimate of drug-likeness (QED) is 0.325. The summed E-state index contributed by atoms with van der Waals surface area (Å²) in [6.07, 6.45) is 13.6. The second-order valence-corrected chi connectivity index (χ2v) is 16.6. The van der Waals surface area contributed by atoms with E-state index in [1.807, 2.05) is 32.1 Å². The number of allylic oxidation sites excluding steroid dienone is 6. The topological polar surface area (TPSA) is 79.5 Å². The summed E-state index contributed by atoms with van der Waals surface area (Å²) in [5, 5.41) is 9.98. The zero-order chi connectivity index (χ0) is 31.2. The molecule has 3 fully saturated rings. The van der Waals surface area contributed by atoms with Gasteiger partial charge in [-0.05, 0) is 91.9 Å². The summed E-state index contributed by atoms with van der Waals surface area (Å²) in [5.74, 6) is 0.602. The van der Waals surface area contributed by atoms with Gasteiger partial charge in [0.1, 0.15) is 12.7 Å². The van der Waals surface area contributed by atoms with Crippen molar-refractivity contribution in [3.8, 4) is 6.07 Å². The SMILES string of the molecule is CC1(C)CC[C@]2(C3=N/C(CF)=C/CCCO3)CC[C@]3(C)[C@H](C(=O)C=C4[C@@]5(C)C=C(C#N)C(=O)C(C)(C)C5CC[C@]43C)C2C1. The smallest absolute Gasteiger partial charge is 0.194 e. The largest absolute Gasteiger partial charge is 0.480 e. The van der Waals surface area contributed by atoms with Crippen molar-refractivity contribution in [1.29, 1.82) is 5.26 Å². The van der Waals surface area contributed by atoms with Crippen LogP contribution in [0.4, 0.5) is 4.39 Å². The standard InChI is InChI=1S/C37H49FN2O3/c1-32(2)13-15-37(31-40-24(21-38)10-8-9-17-43-31)16-14-36(7)29(25(37)20-32)26(41)18-28-34(5)19-23(22-39)30(42)33(3,4)27(34)11-12-35(28,36)6/h10,18-19,25,27,29H,8-9,11-17,20-21H2,1-7H3/b24-10+,40-31?/t25?,27?,29-,34-,35+,36+,37-/m0/s1. The first kappa shape index (κ1) is 30.5. The molecule has 0 aromatic heterocycles. The fourth-order valence-corrected chi connectivity index (χ4v) is 11.1. The lowest BCUT2D eigenvalue weighted by atomic mass is 9.34. The normalized spacial score (nSPS) is 44.6. The van der Waals surface area contributed by atoms with Crippen LogP contribution in [0.2, 0.25) is 0 Å². The summed E-state index contributed by atoms with van der Waals surface area (Å²) in [5.41, 5.74) is -0.347. The second kappa shape index (κ2) is 9.72. The maximum atomic E-state index is 14.8. The van der Waals surface area contributed by atoms with Gasteiger partial charge in [0.25, 0.3) is 0 Å². The number of Topliss-reactive ketones (excluding diaryl/α,β-unsaturated/α-hetero) is 1. The van der Waals surface area contributed by atoms with Crippen LogP contribution in [0.25, 0.3) is 0 Å². The Bertz CT molecular complexity index is 1430. The molecule has 43 heavy (non-hydrogen) atoms. The maximum Gasteiger partial charge on any atom is 0.194 e. The molecule has 0 amide bonds. The van der Waals surface area contributed by atoms with Crippen LogP contribution in [0, 0.1) is 61.6 Å². The molecule has 0 N–H and O–H groups in total. The Labute approximate surface area is 257 Å². The van der Waals surface area contributed by atoms with Gasteiger partial charge in [-0.3, -0.25) is 9.59 Å². The Morgan fingerprint density at radius 2 is 1.77 bits per heavy atom. The highest BCUT2D eigenvalue weighted by Gasteiger charge is 2.70. The number of rotatable bonds is 2. The number of fused-ring (bicyclic) bond motifs is 7. The molecule has 5 aliphatic carbocycles. The Hall–Kier alpha value is -2.55. The molecule has 3 saturated carbocycles. The van der Waals surface area contributed by atoms with E-state index in [1.165, 1.54) is 0 Å². The predicted octanol–water partition coefficient (Wildman–Crippen LogP) is 8.27. The van der Waals surface area contributed by atoms with E-state index in [0.29, 0.717) is 18.2 Å². The Morgan fingerprint density at radius 1 is 1.05 bits per heavy atom. The molecule has 1 aliphatic heterocycles. The average Bonchev–Trinajstić information content (AvgIpc) is 2.92. The van der Waals surface area contributed by atoms with E-state index in [2.05, 4.69) is 40.7 Å². The summed E-state index contributed by atoms with van der Waals surface area (Å²) in [6, 6.07) is 2.20. The summed E-state index contributed by atoms with van der Waals surface area (Å²) in [7, 11) is 0. The minimum absolute atomic E-state index is 0.0248. The Morgan fingerprint density at radius 3 is 2.47 bits per heavy atom. The molecule has 6 heteroatoms. The molecule has 0 radical (unpaired) electrons. The number of nitriles is 1. The number of ketones is 2. The monoisotopic (exact) mass is 588 g/mol. The summed E-state index contributed by atoms with van der Waals surface area (Å²) in [4.78, 5) is 33.0. The van der Waals surface area contributed by atoms with Crippen LogP contribution < -0.4 is 0 Å². The van der Waals surface area contributed by atoms with Crippen molar-refractivity contribution in [1.82, 2.24) is 0 Å². The number of ether oxygens (including phenoxy) is 1. The van der Waals surface area contributed by atoms with Crippen LogP contribution in [0.3, 0.4) is 0 Å². The summed E-state index contributed by atoms with van der Waals surface area (Å²) >= 11 is 0. The van der Waals surface area contributed by atoms with Crippen molar-refractivity contribution in [2.24, 2.45) is 55.2 Å². The van der Waals surface area contributed by atoms with Crippen LogP contribution in [0.15, 0.2) is 40.1 Å². The first-order valence-corrected chi connectivity index (χ1v) is 16.5. The maximum absolute atomic E-state index is 14.8. The lowest BCUT2D eigenvalue weighted by Crippen LogP contribution is -2.66. The number of hydrogen-bond donors (Lipinski definition) is 0. The highest BCUT2D eigenvalue weighted by Crippen LogP contribution is 2.74. The summed E-state index contributed by atoms with van der Waals surface area (Å²) < 4.78 is 20.5. The first-order valence-electron chi connectivity index (χ1n) is 16.5. The highest BCUT2D eigenvalue weighted by atomic mass is 19.1. The number of halogens is 1. The van der Waals surface area contributed by atoms with Crippen molar-refractivity contribution < 1.29 is 18.7 Å². The second-order valence-electron chi connectivity index (χ2n) is 16.6. The third kappa shape index (κ3) is 4.08. The van der Waals surface area contributed by atoms with Gasteiger partial charge in [-0.25, -0.2) is 9.38 Å². The minimum atomic E-state index is -0.679. The Balaban J connectivity index is 1.52. The molecule has 0 aromatic rings. The van der Waals surface area contributed by atoms with E-state index in [1.54, 1.807) is 0 Å². The third-order valence-electron chi connectivity index (χ3n) is 13.6. The van der Waals surface area contributed by atoms with Crippen molar-refractivity contribution in [3.63, 3.8) is 0 Å². The molecule has 2 unspecified atom stereocenters. The zero-order valence-electron chi connectivity index (χ0n) is 27.2. The van der Waals surface area contributed by atoms with Gasteiger partial charge in [0, 0.05) is 16.7 Å². The number of nitrogens with zero attached hydrogens (tertiary/aromatic N) is 2. The van der Waals surface area contributed by atoms with Crippen LogP contribution in [0.5, 0.6) is 0 Å². The molecule has 232 valence electrons.